The summed E-state index contributed by atoms with van der Waals surface area (Å²) in [6, 6.07) is 4.63. The van der Waals surface area contributed by atoms with Crippen LogP contribution in [-0.4, -0.2) is 31.3 Å². The zero-order valence-electron chi connectivity index (χ0n) is 11.6. The largest absolute Gasteiger partial charge is 0.497 e. The number of unbranched alkanes of at least 4 members (excludes halogenated alkanes) is 1. The topological polar surface area (TPSA) is 67.8 Å². The van der Waals surface area contributed by atoms with Crippen LogP contribution in [0.3, 0.4) is 0 Å². The van der Waals surface area contributed by atoms with Gasteiger partial charge in [0, 0.05) is 6.07 Å². The first kappa shape index (κ1) is 15.1. The fourth-order valence-electron chi connectivity index (χ4n) is 1.78. The first-order valence-electron chi connectivity index (χ1n) is 6.33. The molecule has 0 spiro atoms. The molecule has 0 aromatic heterocycles. The van der Waals surface area contributed by atoms with Crippen molar-refractivity contribution in [3.63, 3.8) is 0 Å². The molecule has 0 amide bonds. The van der Waals surface area contributed by atoms with Crippen LogP contribution in [0.1, 0.15) is 26.2 Å². The predicted molar refractivity (Wildman–Crippen MR) is 74.1 cm³/mol. The third kappa shape index (κ3) is 4.35. The number of hydrogen-bond donors (Lipinski definition) is 2. The standard InChI is InChI=1S/C14H21NO4/c1-4-5-6-11(14(16)17)15-12-9-10(18-2)7-8-13(12)19-3/h7-9,11,15H,4-6H2,1-3H3,(H,16,17). The number of carboxylic acids is 1. The van der Waals surface area contributed by atoms with Crippen LogP contribution in [-0.2, 0) is 4.79 Å². The van der Waals surface area contributed by atoms with Gasteiger partial charge in [-0.05, 0) is 18.6 Å². The molecular weight excluding hydrogens is 246 g/mol. The van der Waals surface area contributed by atoms with E-state index in [0.717, 1.165) is 12.8 Å². The van der Waals surface area contributed by atoms with Gasteiger partial charge < -0.3 is 19.9 Å². The normalized spacial score (nSPS) is 11.7. The minimum Gasteiger partial charge on any atom is -0.497 e. The highest BCUT2D eigenvalue weighted by atomic mass is 16.5. The van der Waals surface area contributed by atoms with E-state index in [1.54, 1.807) is 32.4 Å². The van der Waals surface area contributed by atoms with Crippen LogP contribution >= 0.6 is 0 Å². The van der Waals surface area contributed by atoms with Gasteiger partial charge in [-0.2, -0.15) is 0 Å². The van der Waals surface area contributed by atoms with E-state index in [2.05, 4.69) is 5.32 Å². The maximum absolute atomic E-state index is 11.2. The van der Waals surface area contributed by atoms with Gasteiger partial charge in [-0.25, -0.2) is 4.79 Å². The summed E-state index contributed by atoms with van der Waals surface area (Å²) in [5.41, 5.74) is 0.630. The Morgan fingerprint density at radius 2 is 2.11 bits per heavy atom. The molecule has 5 nitrogen and oxygen atoms in total. The number of methoxy groups -OCH3 is 2. The summed E-state index contributed by atoms with van der Waals surface area (Å²) in [5, 5.41) is 12.2. The second-order valence-electron chi connectivity index (χ2n) is 4.24. The second-order valence-corrected chi connectivity index (χ2v) is 4.24. The molecule has 0 saturated heterocycles. The predicted octanol–water partition coefficient (Wildman–Crippen LogP) is 2.76. The van der Waals surface area contributed by atoms with Gasteiger partial charge in [0.2, 0.25) is 0 Å². The Morgan fingerprint density at radius 1 is 1.37 bits per heavy atom. The summed E-state index contributed by atoms with van der Waals surface area (Å²) < 4.78 is 10.4. The van der Waals surface area contributed by atoms with E-state index in [-0.39, 0.29) is 0 Å². The van der Waals surface area contributed by atoms with Crippen molar-refractivity contribution in [1.82, 2.24) is 0 Å². The summed E-state index contributed by atoms with van der Waals surface area (Å²) in [6.45, 7) is 2.03. The van der Waals surface area contributed by atoms with Crippen LogP contribution in [0.4, 0.5) is 5.69 Å². The molecule has 1 aromatic rings. The second kappa shape index (κ2) is 7.51. The Bertz CT molecular complexity index is 420. The molecule has 1 aromatic carbocycles. The quantitative estimate of drug-likeness (QED) is 0.758. The zero-order valence-corrected chi connectivity index (χ0v) is 11.6. The van der Waals surface area contributed by atoms with E-state index in [0.29, 0.717) is 23.6 Å². The number of nitrogens with one attached hydrogen (secondary N) is 1. The number of benzene rings is 1. The maximum Gasteiger partial charge on any atom is 0.326 e. The van der Waals surface area contributed by atoms with Crippen molar-refractivity contribution in [2.75, 3.05) is 19.5 Å². The molecule has 1 atom stereocenters. The molecule has 1 rings (SSSR count). The van der Waals surface area contributed by atoms with Gasteiger partial charge in [0.15, 0.2) is 0 Å². The molecule has 0 aliphatic carbocycles. The van der Waals surface area contributed by atoms with Crippen molar-refractivity contribution < 1.29 is 19.4 Å². The number of aliphatic carboxylic acids is 1. The van der Waals surface area contributed by atoms with Gasteiger partial charge in [-0.1, -0.05) is 19.8 Å². The molecule has 0 aliphatic heterocycles. The molecule has 0 saturated carbocycles. The minimum absolute atomic E-state index is 0.576. The Kier molecular flexibility index (Phi) is 5.99. The maximum atomic E-state index is 11.2. The molecule has 1 unspecified atom stereocenters. The number of anilines is 1. The number of carbonyl (C=O) groups is 1. The number of rotatable bonds is 8. The summed E-state index contributed by atoms with van der Waals surface area (Å²) in [5.74, 6) is 0.393. The lowest BCUT2D eigenvalue weighted by Crippen LogP contribution is -2.29. The first-order valence-corrected chi connectivity index (χ1v) is 6.33. The van der Waals surface area contributed by atoms with Crippen molar-refractivity contribution in [3.8, 4) is 11.5 Å². The highest BCUT2D eigenvalue weighted by Crippen LogP contribution is 2.29. The highest BCUT2D eigenvalue weighted by molar-refractivity contribution is 5.78. The fraction of sp³-hybridized carbons (Fsp3) is 0.500. The number of hydrogen-bond acceptors (Lipinski definition) is 4. The minimum atomic E-state index is -0.863. The lowest BCUT2D eigenvalue weighted by Gasteiger charge is -2.18. The van der Waals surface area contributed by atoms with E-state index in [1.165, 1.54) is 0 Å². The number of ether oxygens (including phenoxy) is 2. The average Bonchev–Trinajstić information content (AvgIpc) is 2.42. The molecule has 0 radical (unpaired) electrons. The van der Waals surface area contributed by atoms with E-state index in [1.807, 2.05) is 6.92 Å². The van der Waals surface area contributed by atoms with Crippen molar-refractivity contribution in [1.29, 1.82) is 0 Å². The Morgan fingerprint density at radius 3 is 2.63 bits per heavy atom. The average molecular weight is 267 g/mol. The van der Waals surface area contributed by atoms with Gasteiger partial charge in [0.25, 0.3) is 0 Å². The Balaban J connectivity index is 2.90. The summed E-state index contributed by atoms with van der Waals surface area (Å²) >= 11 is 0. The van der Waals surface area contributed by atoms with Gasteiger partial charge in [-0.15, -0.1) is 0 Å². The van der Waals surface area contributed by atoms with Gasteiger partial charge in [0.05, 0.1) is 19.9 Å². The van der Waals surface area contributed by atoms with E-state index >= 15 is 0 Å². The molecule has 0 bridgehead atoms. The molecule has 5 heteroatoms. The Hall–Kier alpha value is -1.91. The van der Waals surface area contributed by atoms with Crippen molar-refractivity contribution >= 4 is 11.7 Å². The third-order valence-corrected chi connectivity index (χ3v) is 2.88. The van der Waals surface area contributed by atoms with E-state index in [9.17, 15) is 9.90 Å². The van der Waals surface area contributed by atoms with Crippen LogP contribution in [0, 0.1) is 0 Å². The van der Waals surface area contributed by atoms with Crippen LogP contribution < -0.4 is 14.8 Å². The summed E-state index contributed by atoms with van der Waals surface area (Å²) in [7, 11) is 3.12. The summed E-state index contributed by atoms with van der Waals surface area (Å²) in [4.78, 5) is 11.2. The van der Waals surface area contributed by atoms with Crippen molar-refractivity contribution in [3.05, 3.63) is 18.2 Å². The molecule has 106 valence electrons. The van der Waals surface area contributed by atoms with Gasteiger partial charge >= 0.3 is 5.97 Å². The van der Waals surface area contributed by atoms with E-state index in [4.69, 9.17) is 9.47 Å². The van der Waals surface area contributed by atoms with Crippen LogP contribution in [0.15, 0.2) is 18.2 Å². The van der Waals surface area contributed by atoms with Crippen molar-refractivity contribution in [2.45, 2.75) is 32.2 Å². The van der Waals surface area contributed by atoms with Crippen LogP contribution in [0.25, 0.3) is 0 Å². The van der Waals surface area contributed by atoms with Gasteiger partial charge in [0.1, 0.15) is 17.5 Å². The molecule has 19 heavy (non-hydrogen) atoms. The summed E-state index contributed by atoms with van der Waals surface area (Å²) in [6.07, 6.45) is 2.39. The van der Waals surface area contributed by atoms with Crippen LogP contribution in [0.2, 0.25) is 0 Å². The monoisotopic (exact) mass is 267 g/mol. The van der Waals surface area contributed by atoms with Gasteiger partial charge in [-0.3, -0.25) is 0 Å². The zero-order chi connectivity index (χ0) is 14.3. The smallest absolute Gasteiger partial charge is 0.326 e. The molecule has 0 fully saturated rings. The molecule has 2 N–H and O–H groups in total. The number of carboxylic acid groups (broad SMARTS) is 1. The molecule has 0 heterocycles. The van der Waals surface area contributed by atoms with E-state index < -0.39 is 12.0 Å². The van der Waals surface area contributed by atoms with Crippen LogP contribution in [0.5, 0.6) is 11.5 Å². The fourth-order valence-corrected chi connectivity index (χ4v) is 1.78. The lowest BCUT2D eigenvalue weighted by atomic mass is 10.1. The molecular formula is C14H21NO4. The third-order valence-electron chi connectivity index (χ3n) is 2.88. The molecule has 0 aliphatic rings. The highest BCUT2D eigenvalue weighted by Gasteiger charge is 2.18. The SMILES string of the molecule is CCCCC(Nc1cc(OC)ccc1OC)C(=O)O. The Labute approximate surface area is 113 Å². The lowest BCUT2D eigenvalue weighted by molar-refractivity contribution is -0.138. The van der Waals surface area contributed by atoms with Crippen molar-refractivity contribution in [2.24, 2.45) is 0 Å². The first-order chi connectivity index (χ1) is 9.12.